The average molecular weight is 318 g/mol. The summed E-state index contributed by atoms with van der Waals surface area (Å²) in [5.41, 5.74) is 1.83. The Hall–Kier alpha value is -1.22. The first-order chi connectivity index (χ1) is 9.44. The zero-order valence-electron chi connectivity index (χ0n) is 11.3. The van der Waals surface area contributed by atoms with E-state index in [0.29, 0.717) is 12.2 Å². The third-order valence-electron chi connectivity index (χ3n) is 2.67. The highest BCUT2D eigenvalue weighted by atomic mass is 32.2. The van der Waals surface area contributed by atoms with Gasteiger partial charge < -0.3 is 4.74 Å². The predicted molar refractivity (Wildman–Crippen MR) is 79.5 cm³/mol. The average Bonchev–Trinajstić information content (AvgIpc) is 2.45. The predicted octanol–water partition coefficient (Wildman–Crippen LogP) is 1.45. The molecule has 0 aliphatic heterocycles. The number of rotatable bonds is 7. The van der Waals surface area contributed by atoms with Gasteiger partial charge in [0.2, 0.25) is 10.0 Å². The van der Waals surface area contributed by atoms with Gasteiger partial charge in [-0.2, -0.15) is 0 Å². The second-order valence-electron chi connectivity index (χ2n) is 4.11. The number of nitrogens with one attached hydrogen (secondary N) is 2. The summed E-state index contributed by atoms with van der Waals surface area (Å²) in [7, 11) is -2.20. The van der Waals surface area contributed by atoms with Crippen molar-refractivity contribution in [2.45, 2.75) is 30.7 Å². The molecule has 0 aromatic heterocycles. The van der Waals surface area contributed by atoms with Gasteiger partial charge in [-0.15, -0.1) is 0 Å². The van der Waals surface area contributed by atoms with E-state index in [1.807, 2.05) is 12.4 Å². The van der Waals surface area contributed by atoms with Gasteiger partial charge in [-0.3, -0.25) is 10.7 Å². The minimum absolute atomic E-state index is 0.0453. The molecular formula is C12H18N2O4S2. The Balaban J connectivity index is 2.93. The van der Waals surface area contributed by atoms with Gasteiger partial charge in [0.1, 0.15) is 10.7 Å². The normalized spacial score (nSPS) is 12.8. The van der Waals surface area contributed by atoms with E-state index >= 15 is 0 Å². The van der Waals surface area contributed by atoms with Gasteiger partial charge in [0.25, 0.3) is 0 Å². The van der Waals surface area contributed by atoms with Crippen molar-refractivity contribution < 1.29 is 18.4 Å². The van der Waals surface area contributed by atoms with E-state index in [0.717, 1.165) is 6.42 Å². The molecule has 112 valence electrons. The molecule has 0 fully saturated rings. The molecule has 0 bridgehead atoms. The zero-order valence-corrected chi connectivity index (χ0v) is 12.9. The second-order valence-corrected chi connectivity index (χ2v) is 6.27. The van der Waals surface area contributed by atoms with Gasteiger partial charge in [0.05, 0.1) is 18.0 Å². The van der Waals surface area contributed by atoms with Crippen molar-refractivity contribution in [2.24, 2.45) is 0 Å². The van der Waals surface area contributed by atoms with E-state index in [4.69, 9.17) is 22.2 Å². The summed E-state index contributed by atoms with van der Waals surface area (Å²) in [5, 5.41) is 8.82. The Morgan fingerprint density at radius 2 is 2.00 bits per heavy atom. The zero-order chi connectivity index (χ0) is 15.2. The van der Waals surface area contributed by atoms with Crippen molar-refractivity contribution in [3.05, 3.63) is 24.3 Å². The Kier molecular flexibility index (Phi) is 6.34. The molecule has 0 amide bonds. The SMILES string of the molecule is CCC[C@@H](NS(=O)(=O)c1ccc(OC)cc1)C(=S)NO. The number of hydroxylamine groups is 1. The van der Waals surface area contributed by atoms with Crippen LogP contribution in [-0.4, -0.2) is 31.8 Å². The van der Waals surface area contributed by atoms with E-state index in [1.165, 1.54) is 19.2 Å². The molecule has 8 heteroatoms. The molecule has 0 spiro atoms. The number of thiocarbonyl (C=S) groups is 1. The summed E-state index contributed by atoms with van der Waals surface area (Å²) in [5.74, 6) is 0.571. The molecule has 1 aromatic carbocycles. The van der Waals surface area contributed by atoms with Crippen LogP contribution in [0.3, 0.4) is 0 Å². The minimum atomic E-state index is -3.71. The summed E-state index contributed by atoms with van der Waals surface area (Å²) in [6.07, 6.45) is 1.21. The molecule has 0 heterocycles. The lowest BCUT2D eigenvalue weighted by atomic mass is 10.2. The summed E-state index contributed by atoms with van der Waals surface area (Å²) in [6.45, 7) is 1.90. The number of sulfonamides is 1. The standard InChI is InChI=1S/C12H18N2O4S2/c1-3-4-11(12(19)13-15)14-20(16,17)10-7-5-9(18-2)6-8-10/h5-8,11,14-15H,3-4H2,1-2H3,(H,13,19)/t11-/m1/s1. The van der Waals surface area contributed by atoms with E-state index in [1.54, 1.807) is 12.1 Å². The Bertz CT molecular complexity index is 543. The first-order valence-corrected chi connectivity index (χ1v) is 7.94. The van der Waals surface area contributed by atoms with Crippen LogP contribution in [0.1, 0.15) is 19.8 Å². The van der Waals surface area contributed by atoms with Crippen molar-refractivity contribution in [3.8, 4) is 5.75 Å². The van der Waals surface area contributed by atoms with Gasteiger partial charge in [0.15, 0.2) is 0 Å². The maximum atomic E-state index is 12.2. The van der Waals surface area contributed by atoms with Crippen LogP contribution < -0.4 is 14.9 Å². The highest BCUT2D eigenvalue weighted by molar-refractivity contribution is 7.89. The van der Waals surface area contributed by atoms with E-state index < -0.39 is 16.1 Å². The van der Waals surface area contributed by atoms with E-state index in [9.17, 15) is 8.42 Å². The van der Waals surface area contributed by atoms with Crippen LogP contribution in [0.5, 0.6) is 5.75 Å². The molecular weight excluding hydrogens is 300 g/mol. The van der Waals surface area contributed by atoms with Crippen LogP contribution in [0.25, 0.3) is 0 Å². The summed E-state index contributed by atoms with van der Waals surface area (Å²) < 4.78 is 31.9. The fraction of sp³-hybridized carbons (Fsp3) is 0.417. The molecule has 0 unspecified atom stereocenters. The minimum Gasteiger partial charge on any atom is -0.497 e. The van der Waals surface area contributed by atoms with E-state index in [-0.39, 0.29) is 9.88 Å². The Labute approximate surface area is 124 Å². The fourth-order valence-electron chi connectivity index (χ4n) is 1.62. The van der Waals surface area contributed by atoms with Crippen molar-refractivity contribution in [3.63, 3.8) is 0 Å². The molecule has 1 aromatic rings. The monoisotopic (exact) mass is 318 g/mol. The first kappa shape index (κ1) is 16.8. The smallest absolute Gasteiger partial charge is 0.241 e. The molecule has 3 N–H and O–H groups in total. The number of hydrogen-bond acceptors (Lipinski definition) is 5. The summed E-state index contributed by atoms with van der Waals surface area (Å²) in [6, 6.07) is 5.36. The topological polar surface area (TPSA) is 87.7 Å². The number of methoxy groups -OCH3 is 1. The van der Waals surface area contributed by atoms with Gasteiger partial charge in [-0.25, -0.2) is 13.1 Å². The van der Waals surface area contributed by atoms with Crippen molar-refractivity contribution in [1.82, 2.24) is 10.2 Å². The highest BCUT2D eigenvalue weighted by Crippen LogP contribution is 2.16. The van der Waals surface area contributed by atoms with Gasteiger partial charge in [0, 0.05) is 0 Å². The summed E-state index contributed by atoms with van der Waals surface area (Å²) >= 11 is 4.89. The first-order valence-electron chi connectivity index (χ1n) is 6.05. The van der Waals surface area contributed by atoms with E-state index in [2.05, 4.69) is 4.72 Å². The third-order valence-corrected chi connectivity index (χ3v) is 4.53. The van der Waals surface area contributed by atoms with Crippen LogP contribution in [0.15, 0.2) is 29.2 Å². The third kappa shape index (κ3) is 4.41. The van der Waals surface area contributed by atoms with Crippen LogP contribution in [0, 0.1) is 0 Å². The van der Waals surface area contributed by atoms with Crippen LogP contribution >= 0.6 is 12.2 Å². The lowest BCUT2D eigenvalue weighted by Crippen LogP contribution is -2.44. The molecule has 20 heavy (non-hydrogen) atoms. The molecule has 0 saturated carbocycles. The van der Waals surface area contributed by atoms with Crippen molar-refractivity contribution >= 4 is 27.2 Å². The number of hydrogen-bond donors (Lipinski definition) is 3. The Morgan fingerprint density at radius 3 is 2.45 bits per heavy atom. The van der Waals surface area contributed by atoms with Gasteiger partial charge in [-0.05, 0) is 30.7 Å². The maximum absolute atomic E-state index is 12.2. The molecule has 1 atom stereocenters. The molecule has 0 saturated heterocycles. The lowest BCUT2D eigenvalue weighted by Gasteiger charge is -2.18. The van der Waals surface area contributed by atoms with Crippen LogP contribution in [0.2, 0.25) is 0 Å². The lowest BCUT2D eigenvalue weighted by molar-refractivity contribution is 0.232. The van der Waals surface area contributed by atoms with Gasteiger partial charge in [-0.1, -0.05) is 25.6 Å². The van der Waals surface area contributed by atoms with Crippen molar-refractivity contribution in [1.29, 1.82) is 0 Å². The highest BCUT2D eigenvalue weighted by Gasteiger charge is 2.22. The summed E-state index contributed by atoms with van der Waals surface area (Å²) in [4.78, 5) is 0.157. The Morgan fingerprint density at radius 1 is 1.40 bits per heavy atom. The van der Waals surface area contributed by atoms with Gasteiger partial charge >= 0.3 is 0 Å². The van der Waals surface area contributed by atoms with Crippen LogP contribution in [-0.2, 0) is 10.0 Å². The molecule has 1 rings (SSSR count). The van der Waals surface area contributed by atoms with Crippen molar-refractivity contribution in [2.75, 3.05) is 7.11 Å². The fourth-order valence-corrected chi connectivity index (χ4v) is 3.11. The maximum Gasteiger partial charge on any atom is 0.241 e. The quantitative estimate of drug-likeness (QED) is 0.521. The molecule has 6 nitrogen and oxygen atoms in total. The number of benzene rings is 1. The largest absolute Gasteiger partial charge is 0.497 e. The molecule has 0 radical (unpaired) electrons. The molecule has 0 aliphatic rings. The molecule has 0 aliphatic carbocycles. The number of ether oxygens (including phenoxy) is 1. The second kappa shape index (κ2) is 7.53. The van der Waals surface area contributed by atoms with Crippen LogP contribution in [0.4, 0.5) is 0 Å².